The van der Waals surface area contributed by atoms with Crippen molar-refractivity contribution in [1.29, 1.82) is 0 Å². The van der Waals surface area contributed by atoms with Crippen LogP contribution in [0.3, 0.4) is 0 Å². The van der Waals surface area contributed by atoms with Gasteiger partial charge in [0, 0.05) is 24.0 Å². The number of carbonyl (C=O) groups excluding carboxylic acids is 2. The molecule has 24 heavy (non-hydrogen) atoms. The van der Waals surface area contributed by atoms with Crippen LogP contribution in [-0.2, 0) is 14.3 Å². The number of hydrogen-bond donors (Lipinski definition) is 1. The highest BCUT2D eigenvalue weighted by molar-refractivity contribution is 5.79. The average Bonchev–Trinajstić information content (AvgIpc) is 2.59. The van der Waals surface area contributed by atoms with E-state index in [0.29, 0.717) is 19.4 Å². The third kappa shape index (κ3) is 4.50. The van der Waals surface area contributed by atoms with Crippen LogP contribution in [0.5, 0.6) is 0 Å². The van der Waals surface area contributed by atoms with Gasteiger partial charge in [-0.25, -0.2) is 0 Å². The predicted molar refractivity (Wildman–Crippen MR) is 94.7 cm³/mol. The number of ether oxygens (including phenoxy) is 1. The van der Waals surface area contributed by atoms with Gasteiger partial charge in [0.2, 0.25) is 5.91 Å². The molecular weight excluding hydrogens is 304 g/mol. The summed E-state index contributed by atoms with van der Waals surface area (Å²) in [6.45, 7) is 11.6. The Morgan fingerprint density at radius 1 is 1.12 bits per heavy atom. The van der Waals surface area contributed by atoms with Crippen molar-refractivity contribution in [1.82, 2.24) is 10.2 Å². The number of nitrogens with one attached hydrogen (secondary N) is 1. The van der Waals surface area contributed by atoms with Crippen LogP contribution in [0.1, 0.15) is 79.6 Å². The van der Waals surface area contributed by atoms with Gasteiger partial charge in [0.25, 0.3) is 0 Å². The van der Waals surface area contributed by atoms with Gasteiger partial charge in [-0.05, 0) is 60.3 Å². The Hall–Kier alpha value is -1.10. The molecule has 0 atom stereocenters. The summed E-state index contributed by atoms with van der Waals surface area (Å²) in [5.74, 6) is 0.00773. The number of likely N-dealkylation sites (tertiary alicyclic amines) is 1. The minimum Gasteiger partial charge on any atom is -0.466 e. The molecule has 2 saturated heterocycles. The molecule has 0 aromatic rings. The number of piperidine rings is 1. The van der Waals surface area contributed by atoms with Crippen molar-refractivity contribution < 1.29 is 14.3 Å². The zero-order valence-corrected chi connectivity index (χ0v) is 16.0. The molecule has 0 saturated carbocycles. The van der Waals surface area contributed by atoms with Crippen LogP contribution in [0, 0.1) is 0 Å². The third-order valence-electron chi connectivity index (χ3n) is 5.14. The molecule has 2 rings (SSSR count). The summed E-state index contributed by atoms with van der Waals surface area (Å²) in [5, 5.41) is 3.67. The Morgan fingerprint density at radius 3 is 2.33 bits per heavy atom. The van der Waals surface area contributed by atoms with Crippen molar-refractivity contribution in [3.8, 4) is 0 Å². The molecule has 0 aromatic carbocycles. The zero-order valence-electron chi connectivity index (χ0n) is 16.0. The normalized spacial score (nSPS) is 25.9. The lowest BCUT2D eigenvalue weighted by atomic mass is 9.68. The van der Waals surface area contributed by atoms with E-state index in [1.807, 2.05) is 11.8 Å². The smallest absolute Gasteiger partial charge is 0.308 e. The molecule has 0 radical (unpaired) electrons. The summed E-state index contributed by atoms with van der Waals surface area (Å²) < 4.78 is 5.27. The highest BCUT2D eigenvalue weighted by Crippen LogP contribution is 2.43. The van der Waals surface area contributed by atoms with E-state index in [-0.39, 0.29) is 23.0 Å². The lowest BCUT2D eigenvalue weighted by Crippen LogP contribution is -2.69. The first-order valence-electron chi connectivity index (χ1n) is 9.35. The maximum absolute atomic E-state index is 12.8. The Morgan fingerprint density at radius 2 is 1.75 bits per heavy atom. The standard InChI is InChI=1S/C19H34N2O3/c1-6-24-16(23)12-19(21-11-9-7-8-10-15(21)22)13-17(2,3)20-18(4,5)14-19/h20H,6-14H2,1-5H3. The van der Waals surface area contributed by atoms with Gasteiger partial charge < -0.3 is 15.0 Å². The maximum Gasteiger partial charge on any atom is 0.308 e. The molecule has 0 unspecified atom stereocenters. The topological polar surface area (TPSA) is 58.6 Å². The van der Waals surface area contributed by atoms with Gasteiger partial charge >= 0.3 is 5.97 Å². The quantitative estimate of drug-likeness (QED) is 0.801. The van der Waals surface area contributed by atoms with Gasteiger partial charge in [-0.15, -0.1) is 0 Å². The van der Waals surface area contributed by atoms with E-state index in [1.54, 1.807) is 0 Å². The van der Waals surface area contributed by atoms with Gasteiger partial charge in [-0.3, -0.25) is 9.59 Å². The maximum atomic E-state index is 12.8. The summed E-state index contributed by atoms with van der Waals surface area (Å²) >= 11 is 0. The number of amides is 1. The second-order valence-corrected chi connectivity index (χ2v) is 8.81. The Labute approximate surface area is 146 Å². The van der Waals surface area contributed by atoms with Gasteiger partial charge in [0.05, 0.1) is 18.6 Å². The van der Waals surface area contributed by atoms with Crippen LogP contribution >= 0.6 is 0 Å². The van der Waals surface area contributed by atoms with E-state index >= 15 is 0 Å². The Bertz CT molecular complexity index is 469. The first-order valence-corrected chi connectivity index (χ1v) is 9.35. The Balaban J connectivity index is 2.40. The third-order valence-corrected chi connectivity index (χ3v) is 5.14. The van der Waals surface area contributed by atoms with Crippen LogP contribution in [-0.4, -0.2) is 46.5 Å². The van der Waals surface area contributed by atoms with E-state index in [9.17, 15) is 9.59 Å². The second kappa shape index (κ2) is 7.03. The first kappa shape index (κ1) is 19.2. The molecule has 5 nitrogen and oxygen atoms in total. The summed E-state index contributed by atoms with van der Waals surface area (Å²) in [5.41, 5.74) is -0.729. The Kier molecular flexibility index (Phi) is 5.63. The zero-order chi connectivity index (χ0) is 18.0. The van der Waals surface area contributed by atoms with Gasteiger partial charge in [-0.1, -0.05) is 6.42 Å². The van der Waals surface area contributed by atoms with Crippen LogP contribution in [0.2, 0.25) is 0 Å². The molecule has 0 bridgehead atoms. The van der Waals surface area contributed by atoms with Gasteiger partial charge in [0.15, 0.2) is 0 Å². The molecule has 1 amide bonds. The molecular formula is C19H34N2O3. The minimum absolute atomic E-state index is 0.138. The molecule has 2 aliphatic rings. The molecule has 2 heterocycles. The predicted octanol–water partition coefficient (Wildman–Crippen LogP) is 3.02. The number of nitrogens with zero attached hydrogens (tertiary/aromatic N) is 1. The van der Waals surface area contributed by atoms with Crippen molar-refractivity contribution in [3.05, 3.63) is 0 Å². The highest BCUT2D eigenvalue weighted by atomic mass is 16.5. The largest absolute Gasteiger partial charge is 0.466 e. The number of hydrogen-bond acceptors (Lipinski definition) is 4. The molecule has 0 aliphatic carbocycles. The summed E-state index contributed by atoms with van der Waals surface area (Å²) in [4.78, 5) is 27.3. The van der Waals surface area contributed by atoms with Crippen LogP contribution in [0.4, 0.5) is 0 Å². The number of rotatable bonds is 4. The summed E-state index contributed by atoms with van der Waals surface area (Å²) in [7, 11) is 0. The van der Waals surface area contributed by atoms with Crippen molar-refractivity contribution in [3.63, 3.8) is 0 Å². The monoisotopic (exact) mass is 338 g/mol. The summed E-state index contributed by atoms with van der Waals surface area (Å²) in [6.07, 6.45) is 5.49. The van der Waals surface area contributed by atoms with Gasteiger partial charge in [0.1, 0.15) is 0 Å². The van der Waals surface area contributed by atoms with E-state index in [0.717, 1.165) is 38.6 Å². The molecule has 0 aromatic heterocycles. The van der Waals surface area contributed by atoms with Crippen molar-refractivity contribution in [2.24, 2.45) is 0 Å². The van der Waals surface area contributed by atoms with Gasteiger partial charge in [-0.2, -0.15) is 0 Å². The number of esters is 1. The first-order chi connectivity index (χ1) is 11.1. The molecule has 138 valence electrons. The van der Waals surface area contributed by atoms with Crippen molar-refractivity contribution in [2.45, 2.75) is 96.2 Å². The van der Waals surface area contributed by atoms with Crippen LogP contribution < -0.4 is 5.32 Å². The van der Waals surface area contributed by atoms with Crippen LogP contribution in [0.25, 0.3) is 0 Å². The average molecular weight is 338 g/mol. The fourth-order valence-electron chi connectivity index (χ4n) is 5.09. The van der Waals surface area contributed by atoms with E-state index in [2.05, 4.69) is 33.0 Å². The fraction of sp³-hybridized carbons (Fsp3) is 0.895. The molecule has 2 fully saturated rings. The molecule has 2 aliphatic heterocycles. The van der Waals surface area contributed by atoms with E-state index < -0.39 is 5.54 Å². The van der Waals surface area contributed by atoms with Crippen LogP contribution in [0.15, 0.2) is 0 Å². The second-order valence-electron chi connectivity index (χ2n) is 8.81. The number of carbonyl (C=O) groups is 2. The lowest BCUT2D eigenvalue weighted by Gasteiger charge is -2.56. The van der Waals surface area contributed by atoms with Crippen molar-refractivity contribution in [2.75, 3.05) is 13.2 Å². The van der Waals surface area contributed by atoms with E-state index in [1.165, 1.54) is 0 Å². The SMILES string of the molecule is CCOC(=O)CC1(N2CCCCCC2=O)CC(C)(C)NC(C)(C)C1. The lowest BCUT2D eigenvalue weighted by molar-refractivity contribution is -0.153. The van der Waals surface area contributed by atoms with Crippen molar-refractivity contribution >= 4 is 11.9 Å². The minimum atomic E-state index is -0.452. The molecule has 5 heteroatoms. The highest BCUT2D eigenvalue weighted by Gasteiger charge is 2.52. The molecule has 1 N–H and O–H groups in total. The fourth-order valence-corrected chi connectivity index (χ4v) is 5.09. The summed E-state index contributed by atoms with van der Waals surface area (Å²) in [6, 6.07) is 0. The molecule has 0 spiro atoms. The van der Waals surface area contributed by atoms with E-state index in [4.69, 9.17) is 4.74 Å².